The van der Waals surface area contributed by atoms with Crippen molar-refractivity contribution in [1.29, 1.82) is 0 Å². The molecule has 0 aliphatic rings. The van der Waals surface area contributed by atoms with Crippen molar-refractivity contribution in [2.75, 3.05) is 5.32 Å². The Hall–Kier alpha value is -2.67. The van der Waals surface area contributed by atoms with Gasteiger partial charge in [0.05, 0.1) is 16.3 Å². The first-order valence-corrected chi connectivity index (χ1v) is 6.10. The van der Waals surface area contributed by atoms with Crippen molar-refractivity contribution >= 4 is 29.0 Å². The Balaban J connectivity index is 2.33. The summed E-state index contributed by atoms with van der Waals surface area (Å²) < 4.78 is 13.7. The van der Waals surface area contributed by atoms with E-state index in [-0.39, 0.29) is 16.9 Å². The Morgan fingerprint density at radius 2 is 2.14 bits per heavy atom. The monoisotopic (exact) mass is 308 g/mol. The van der Waals surface area contributed by atoms with Crippen LogP contribution in [0.4, 0.5) is 10.1 Å². The van der Waals surface area contributed by atoms with Gasteiger partial charge in [0.2, 0.25) is 0 Å². The molecule has 2 rings (SSSR count). The number of amides is 1. The maximum atomic E-state index is 13.7. The molecule has 0 fully saturated rings. The smallest absolute Gasteiger partial charge is 0.274 e. The van der Waals surface area contributed by atoms with Crippen LogP contribution in [0.15, 0.2) is 41.7 Å². The van der Waals surface area contributed by atoms with Crippen LogP contribution in [-0.4, -0.2) is 21.9 Å². The highest BCUT2D eigenvalue weighted by Crippen LogP contribution is 2.19. The summed E-state index contributed by atoms with van der Waals surface area (Å²) in [4.78, 5) is 15.9. The van der Waals surface area contributed by atoms with Gasteiger partial charge in [0, 0.05) is 6.20 Å². The number of benzene rings is 1. The number of nitrogens with two attached hydrogens (primary N) is 1. The standard InChI is InChI=1S/C13H10ClFN4O2/c14-7-4-5-10(17-6-7)13(20)18-9-3-1-2-8(15)11(9)12(16)19-21/h1-6,21H,(H2,16,19)(H,18,20). The molecule has 21 heavy (non-hydrogen) atoms. The maximum Gasteiger partial charge on any atom is 0.274 e. The van der Waals surface area contributed by atoms with Gasteiger partial charge < -0.3 is 16.3 Å². The number of carbonyl (C=O) groups is 1. The van der Waals surface area contributed by atoms with Crippen molar-refractivity contribution in [2.24, 2.45) is 10.9 Å². The molecule has 4 N–H and O–H groups in total. The number of oxime groups is 1. The number of hydrogen-bond donors (Lipinski definition) is 3. The number of pyridine rings is 1. The van der Waals surface area contributed by atoms with Crippen LogP contribution < -0.4 is 11.1 Å². The Morgan fingerprint density at radius 3 is 2.76 bits per heavy atom. The third kappa shape index (κ3) is 3.26. The third-order valence-electron chi connectivity index (χ3n) is 2.59. The van der Waals surface area contributed by atoms with Gasteiger partial charge in [-0.25, -0.2) is 9.37 Å². The summed E-state index contributed by atoms with van der Waals surface area (Å²) in [5.41, 5.74) is 5.35. The number of rotatable bonds is 3. The zero-order valence-corrected chi connectivity index (χ0v) is 11.3. The van der Waals surface area contributed by atoms with Crippen LogP contribution in [-0.2, 0) is 0 Å². The molecule has 0 aliphatic heterocycles. The van der Waals surface area contributed by atoms with Gasteiger partial charge in [-0.05, 0) is 24.3 Å². The van der Waals surface area contributed by atoms with E-state index in [0.29, 0.717) is 5.02 Å². The molecule has 1 aromatic carbocycles. The highest BCUT2D eigenvalue weighted by atomic mass is 35.5. The van der Waals surface area contributed by atoms with Crippen LogP contribution in [0.5, 0.6) is 0 Å². The average molecular weight is 309 g/mol. The van der Waals surface area contributed by atoms with E-state index >= 15 is 0 Å². The minimum Gasteiger partial charge on any atom is -0.409 e. The summed E-state index contributed by atoms with van der Waals surface area (Å²) in [5.74, 6) is -1.76. The number of nitrogens with zero attached hydrogens (tertiary/aromatic N) is 2. The van der Waals surface area contributed by atoms with Crippen molar-refractivity contribution in [1.82, 2.24) is 4.98 Å². The molecule has 0 atom stereocenters. The fourth-order valence-electron chi connectivity index (χ4n) is 1.64. The second kappa shape index (κ2) is 6.19. The molecule has 1 heterocycles. The zero-order chi connectivity index (χ0) is 15.4. The number of carbonyl (C=O) groups excluding carboxylic acids is 1. The SMILES string of the molecule is NC(=NO)c1c(F)cccc1NC(=O)c1ccc(Cl)cn1. The molecule has 0 spiro atoms. The van der Waals surface area contributed by atoms with Crippen LogP contribution in [0.1, 0.15) is 16.1 Å². The molecular formula is C13H10ClFN4O2. The molecule has 1 aromatic heterocycles. The van der Waals surface area contributed by atoms with Gasteiger partial charge in [-0.2, -0.15) is 0 Å². The Kier molecular flexibility index (Phi) is 4.34. The van der Waals surface area contributed by atoms with E-state index in [4.69, 9.17) is 22.5 Å². The number of anilines is 1. The van der Waals surface area contributed by atoms with Gasteiger partial charge in [0.25, 0.3) is 5.91 Å². The molecule has 0 saturated carbocycles. The lowest BCUT2D eigenvalue weighted by molar-refractivity contribution is 0.102. The number of aromatic nitrogens is 1. The van der Waals surface area contributed by atoms with Crippen molar-refractivity contribution < 1.29 is 14.4 Å². The van der Waals surface area contributed by atoms with Gasteiger partial charge in [0.1, 0.15) is 11.5 Å². The number of hydrogen-bond acceptors (Lipinski definition) is 4. The summed E-state index contributed by atoms with van der Waals surface area (Å²) >= 11 is 5.68. The number of nitrogens with one attached hydrogen (secondary N) is 1. The lowest BCUT2D eigenvalue weighted by Gasteiger charge is -2.10. The second-order valence-corrected chi connectivity index (χ2v) is 4.40. The largest absolute Gasteiger partial charge is 0.409 e. The van der Waals surface area contributed by atoms with Crippen LogP contribution >= 0.6 is 11.6 Å². The molecule has 0 radical (unpaired) electrons. The van der Waals surface area contributed by atoms with Crippen LogP contribution in [0.3, 0.4) is 0 Å². The average Bonchev–Trinajstić information content (AvgIpc) is 2.47. The predicted octanol–water partition coefficient (Wildman–Crippen LogP) is 2.22. The van der Waals surface area contributed by atoms with Crippen LogP contribution in [0.2, 0.25) is 5.02 Å². The minimum absolute atomic E-state index is 0.0621. The maximum absolute atomic E-state index is 13.7. The molecule has 0 bridgehead atoms. The first kappa shape index (κ1) is 14.7. The highest BCUT2D eigenvalue weighted by Gasteiger charge is 2.16. The van der Waals surface area contributed by atoms with E-state index in [1.807, 2.05) is 0 Å². The molecule has 0 unspecified atom stereocenters. The molecule has 108 valence electrons. The van der Waals surface area contributed by atoms with Crippen molar-refractivity contribution in [3.05, 3.63) is 58.6 Å². The van der Waals surface area contributed by atoms with E-state index in [0.717, 1.165) is 6.07 Å². The van der Waals surface area contributed by atoms with Crippen molar-refractivity contribution in [3.8, 4) is 0 Å². The van der Waals surface area contributed by atoms with E-state index in [9.17, 15) is 9.18 Å². The molecule has 0 saturated heterocycles. The zero-order valence-electron chi connectivity index (χ0n) is 10.5. The summed E-state index contributed by atoms with van der Waals surface area (Å²) in [7, 11) is 0. The normalized spacial score (nSPS) is 11.2. The van der Waals surface area contributed by atoms with E-state index in [2.05, 4.69) is 15.5 Å². The van der Waals surface area contributed by atoms with E-state index in [1.54, 1.807) is 0 Å². The van der Waals surface area contributed by atoms with Gasteiger partial charge >= 0.3 is 0 Å². The topological polar surface area (TPSA) is 101 Å². The fraction of sp³-hybridized carbons (Fsp3) is 0. The summed E-state index contributed by atoms with van der Waals surface area (Å²) in [5, 5.41) is 14.2. The van der Waals surface area contributed by atoms with Crippen molar-refractivity contribution in [3.63, 3.8) is 0 Å². The quantitative estimate of drug-likeness (QED) is 0.350. The molecular weight excluding hydrogens is 299 g/mol. The summed E-state index contributed by atoms with van der Waals surface area (Å²) in [6.45, 7) is 0. The molecule has 0 aliphatic carbocycles. The third-order valence-corrected chi connectivity index (χ3v) is 2.81. The van der Waals surface area contributed by atoms with Gasteiger partial charge in [-0.3, -0.25) is 4.79 Å². The minimum atomic E-state index is -0.729. The predicted molar refractivity (Wildman–Crippen MR) is 76.1 cm³/mol. The highest BCUT2D eigenvalue weighted by molar-refractivity contribution is 6.30. The van der Waals surface area contributed by atoms with E-state index < -0.39 is 17.6 Å². The van der Waals surface area contributed by atoms with Crippen LogP contribution in [0.25, 0.3) is 0 Å². The Labute approximate surface area is 124 Å². The Bertz CT molecular complexity index is 704. The summed E-state index contributed by atoms with van der Waals surface area (Å²) in [6.07, 6.45) is 1.31. The van der Waals surface area contributed by atoms with Crippen molar-refractivity contribution in [2.45, 2.75) is 0 Å². The molecule has 8 heteroatoms. The van der Waals surface area contributed by atoms with E-state index in [1.165, 1.54) is 30.5 Å². The van der Waals surface area contributed by atoms with Gasteiger partial charge in [0.15, 0.2) is 5.84 Å². The number of halogens is 2. The van der Waals surface area contributed by atoms with Gasteiger partial charge in [-0.15, -0.1) is 0 Å². The molecule has 1 amide bonds. The molecule has 6 nitrogen and oxygen atoms in total. The Morgan fingerprint density at radius 1 is 1.38 bits per heavy atom. The number of amidine groups is 1. The lowest BCUT2D eigenvalue weighted by Crippen LogP contribution is -2.21. The molecule has 2 aromatic rings. The summed E-state index contributed by atoms with van der Waals surface area (Å²) in [6, 6.07) is 6.85. The first-order chi connectivity index (χ1) is 10.0. The second-order valence-electron chi connectivity index (χ2n) is 3.96. The van der Waals surface area contributed by atoms with Gasteiger partial charge in [-0.1, -0.05) is 22.8 Å². The first-order valence-electron chi connectivity index (χ1n) is 5.72. The van der Waals surface area contributed by atoms with Crippen LogP contribution in [0, 0.1) is 5.82 Å². The lowest BCUT2D eigenvalue weighted by atomic mass is 10.1. The fourth-order valence-corrected chi connectivity index (χ4v) is 1.75.